The van der Waals surface area contributed by atoms with Crippen LogP contribution in [0.3, 0.4) is 0 Å². The first-order valence-electron chi connectivity index (χ1n) is 11.4. The summed E-state index contributed by atoms with van der Waals surface area (Å²) < 4.78 is 5.72. The molecule has 8 heteroatoms. The monoisotopic (exact) mass is 428 g/mol. The van der Waals surface area contributed by atoms with Gasteiger partial charge in [-0.25, -0.2) is 14.7 Å². The van der Waals surface area contributed by atoms with Gasteiger partial charge in [0.05, 0.1) is 24.6 Å². The Morgan fingerprint density at radius 1 is 1.19 bits per heavy atom. The summed E-state index contributed by atoms with van der Waals surface area (Å²) in [4.78, 5) is 29.9. The van der Waals surface area contributed by atoms with Crippen molar-refractivity contribution < 1.29 is 19.4 Å². The summed E-state index contributed by atoms with van der Waals surface area (Å²) in [6.07, 6.45) is 4.81. The van der Waals surface area contributed by atoms with Gasteiger partial charge in [0.15, 0.2) is 0 Å². The van der Waals surface area contributed by atoms with E-state index in [0.717, 1.165) is 49.9 Å². The van der Waals surface area contributed by atoms with Crippen LogP contribution >= 0.6 is 0 Å². The third-order valence-corrected chi connectivity index (χ3v) is 6.27. The van der Waals surface area contributed by atoms with Crippen LogP contribution in [0.25, 0.3) is 0 Å². The van der Waals surface area contributed by atoms with Gasteiger partial charge in [0.1, 0.15) is 12.3 Å². The Bertz CT molecular complexity index is 863. The molecule has 0 bridgehead atoms. The number of rotatable bonds is 6. The van der Waals surface area contributed by atoms with Crippen LogP contribution in [0.2, 0.25) is 0 Å². The van der Waals surface area contributed by atoms with E-state index >= 15 is 0 Å². The lowest BCUT2D eigenvalue weighted by atomic mass is 9.99. The number of hydrogen-bond acceptors (Lipinski definition) is 6. The SMILES string of the molecule is CCCC(N1CCCCC1)N1C(=O)CN(/N=C2\CCOc3ccc(C(C)O)cc32)C1=O. The molecule has 0 radical (unpaired) electrons. The number of hydrogen-bond donors (Lipinski definition) is 1. The Morgan fingerprint density at radius 2 is 1.97 bits per heavy atom. The van der Waals surface area contributed by atoms with E-state index in [4.69, 9.17) is 4.74 Å². The van der Waals surface area contributed by atoms with Gasteiger partial charge in [0.25, 0.3) is 5.91 Å². The maximum atomic E-state index is 13.3. The average Bonchev–Trinajstić information content (AvgIpc) is 3.05. The van der Waals surface area contributed by atoms with Crippen molar-refractivity contribution >= 4 is 17.6 Å². The summed E-state index contributed by atoms with van der Waals surface area (Å²) in [5.74, 6) is 0.491. The molecule has 3 amide bonds. The van der Waals surface area contributed by atoms with E-state index in [-0.39, 0.29) is 24.6 Å². The molecule has 31 heavy (non-hydrogen) atoms. The van der Waals surface area contributed by atoms with Gasteiger partial charge in [-0.2, -0.15) is 5.10 Å². The summed E-state index contributed by atoms with van der Waals surface area (Å²) in [6, 6.07) is 5.16. The molecule has 3 heterocycles. The van der Waals surface area contributed by atoms with Crippen LogP contribution < -0.4 is 4.74 Å². The molecule has 1 aromatic rings. The number of piperidine rings is 1. The van der Waals surface area contributed by atoms with Gasteiger partial charge in [-0.05, 0) is 43.9 Å². The highest BCUT2D eigenvalue weighted by Crippen LogP contribution is 2.30. The van der Waals surface area contributed by atoms with Crippen molar-refractivity contribution in [3.63, 3.8) is 0 Å². The standard InChI is InChI=1S/C23H32N4O4/c1-3-7-21(25-11-5-4-6-12-25)27-22(29)15-26(23(27)30)24-19-10-13-31-20-9-8-17(16(2)28)14-18(19)20/h8-9,14,16,21,28H,3-7,10-13,15H2,1-2H3/b24-19+. The van der Waals surface area contributed by atoms with Crippen molar-refractivity contribution in [1.29, 1.82) is 0 Å². The number of ether oxygens (including phenoxy) is 1. The summed E-state index contributed by atoms with van der Waals surface area (Å²) in [7, 11) is 0. The summed E-state index contributed by atoms with van der Waals surface area (Å²) >= 11 is 0. The molecule has 2 unspecified atom stereocenters. The Balaban J connectivity index is 1.59. The van der Waals surface area contributed by atoms with E-state index in [0.29, 0.717) is 24.5 Å². The third-order valence-electron chi connectivity index (χ3n) is 6.27. The van der Waals surface area contributed by atoms with Crippen molar-refractivity contribution in [3.05, 3.63) is 29.3 Å². The van der Waals surface area contributed by atoms with Crippen LogP contribution in [0, 0.1) is 0 Å². The summed E-state index contributed by atoms with van der Waals surface area (Å²) in [5.41, 5.74) is 2.23. The predicted molar refractivity (Wildman–Crippen MR) is 117 cm³/mol. The van der Waals surface area contributed by atoms with Crippen LogP contribution in [0.5, 0.6) is 5.75 Å². The molecule has 0 aliphatic carbocycles. The van der Waals surface area contributed by atoms with Crippen molar-refractivity contribution in [2.24, 2.45) is 5.10 Å². The molecule has 168 valence electrons. The molecular weight excluding hydrogens is 396 g/mol. The second-order valence-corrected chi connectivity index (χ2v) is 8.55. The van der Waals surface area contributed by atoms with Gasteiger partial charge in [-0.15, -0.1) is 0 Å². The fourth-order valence-corrected chi connectivity index (χ4v) is 4.63. The number of nitrogens with zero attached hydrogens (tertiary/aromatic N) is 4. The van der Waals surface area contributed by atoms with Gasteiger partial charge in [0, 0.05) is 25.1 Å². The molecule has 3 aliphatic rings. The number of aliphatic hydroxyl groups is 1. The maximum Gasteiger partial charge on any atom is 0.349 e. The lowest BCUT2D eigenvalue weighted by molar-refractivity contribution is -0.130. The molecule has 2 fully saturated rings. The fraction of sp³-hybridized carbons (Fsp3) is 0.609. The molecule has 1 aromatic carbocycles. The van der Waals surface area contributed by atoms with Crippen molar-refractivity contribution in [1.82, 2.24) is 14.8 Å². The highest BCUT2D eigenvalue weighted by molar-refractivity contribution is 6.06. The third kappa shape index (κ3) is 4.45. The van der Waals surface area contributed by atoms with Crippen LogP contribution in [0.15, 0.2) is 23.3 Å². The second kappa shape index (κ2) is 9.36. The minimum absolute atomic E-state index is 0.0390. The normalized spacial score (nSPS) is 23.1. The molecule has 2 atom stereocenters. The zero-order valence-electron chi connectivity index (χ0n) is 18.4. The largest absolute Gasteiger partial charge is 0.492 e. The first-order chi connectivity index (χ1) is 15.0. The van der Waals surface area contributed by atoms with Crippen molar-refractivity contribution in [2.75, 3.05) is 26.2 Å². The Hall–Kier alpha value is -2.45. The lowest BCUT2D eigenvalue weighted by Crippen LogP contribution is -2.52. The highest BCUT2D eigenvalue weighted by atomic mass is 16.5. The van der Waals surface area contributed by atoms with Crippen LogP contribution in [-0.4, -0.2) is 70.0 Å². The number of carbonyl (C=O) groups is 2. The summed E-state index contributed by atoms with van der Waals surface area (Å²) in [6.45, 7) is 6.05. The number of hydrazone groups is 1. The molecule has 2 saturated heterocycles. The minimum atomic E-state index is -0.613. The molecule has 4 rings (SSSR count). The number of imide groups is 1. The fourth-order valence-electron chi connectivity index (χ4n) is 4.63. The van der Waals surface area contributed by atoms with E-state index in [1.807, 2.05) is 18.2 Å². The molecule has 0 saturated carbocycles. The Labute approximate surface area is 183 Å². The van der Waals surface area contributed by atoms with Gasteiger partial charge in [-0.3, -0.25) is 9.69 Å². The number of fused-ring (bicyclic) bond motifs is 1. The molecule has 1 N–H and O–H groups in total. The average molecular weight is 429 g/mol. The van der Waals surface area contributed by atoms with Gasteiger partial charge >= 0.3 is 6.03 Å². The Kier molecular flexibility index (Phi) is 6.57. The molecule has 8 nitrogen and oxygen atoms in total. The second-order valence-electron chi connectivity index (χ2n) is 8.55. The number of benzene rings is 1. The van der Waals surface area contributed by atoms with E-state index in [2.05, 4.69) is 16.9 Å². The van der Waals surface area contributed by atoms with E-state index < -0.39 is 6.10 Å². The van der Waals surface area contributed by atoms with Crippen LogP contribution in [0.4, 0.5) is 4.79 Å². The first kappa shape index (κ1) is 21.8. The zero-order chi connectivity index (χ0) is 22.0. The van der Waals surface area contributed by atoms with Gasteiger partial charge in [0.2, 0.25) is 0 Å². The number of amides is 3. The molecular formula is C23H32N4O4. The predicted octanol–water partition coefficient (Wildman–Crippen LogP) is 3.10. The van der Waals surface area contributed by atoms with Gasteiger partial charge in [-0.1, -0.05) is 25.8 Å². The highest BCUT2D eigenvalue weighted by Gasteiger charge is 2.43. The summed E-state index contributed by atoms with van der Waals surface area (Å²) in [5, 5.41) is 15.8. The van der Waals surface area contributed by atoms with Crippen LogP contribution in [0.1, 0.15) is 69.6 Å². The van der Waals surface area contributed by atoms with Gasteiger partial charge < -0.3 is 9.84 Å². The van der Waals surface area contributed by atoms with Crippen molar-refractivity contribution in [3.8, 4) is 5.75 Å². The van der Waals surface area contributed by atoms with E-state index in [1.54, 1.807) is 6.92 Å². The lowest BCUT2D eigenvalue weighted by Gasteiger charge is -2.38. The molecule has 0 spiro atoms. The minimum Gasteiger partial charge on any atom is -0.492 e. The van der Waals surface area contributed by atoms with E-state index in [1.165, 1.54) is 16.3 Å². The molecule has 3 aliphatic heterocycles. The zero-order valence-corrected chi connectivity index (χ0v) is 18.4. The quantitative estimate of drug-likeness (QED) is 0.704. The first-order valence-corrected chi connectivity index (χ1v) is 11.4. The molecule has 0 aromatic heterocycles. The Morgan fingerprint density at radius 3 is 2.68 bits per heavy atom. The number of likely N-dealkylation sites (tertiary alicyclic amines) is 1. The number of aliphatic hydroxyl groups excluding tert-OH is 1. The van der Waals surface area contributed by atoms with Crippen LogP contribution in [-0.2, 0) is 4.79 Å². The number of urea groups is 1. The van der Waals surface area contributed by atoms with Crippen molar-refractivity contribution in [2.45, 2.75) is 64.6 Å². The smallest absolute Gasteiger partial charge is 0.349 e. The van der Waals surface area contributed by atoms with E-state index in [9.17, 15) is 14.7 Å². The maximum absolute atomic E-state index is 13.3. The topological polar surface area (TPSA) is 85.7 Å². The number of carbonyl (C=O) groups excluding carboxylic acids is 2.